The molecular formula is C33H65NO8P+. The number of allylic oxidation sites excluding steroid dienone is 2. The summed E-state index contributed by atoms with van der Waals surface area (Å²) in [6.45, 7) is 3.81. The van der Waals surface area contributed by atoms with Crippen molar-refractivity contribution in [3.8, 4) is 0 Å². The predicted molar refractivity (Wildman–Crippen MR) is 174 cm³/mol. The highest BCUT2D eigenvalue weighted by molar-refractivity contribution is 7.47. The SMILES string of the molecule is CCCCCCCC/C=C\CCCCCCCCCCCC(=O)OC(COC(=O)CC)COP(=O)(O)OCC[N+](C)(C)C. The Balaban J connectivity index is 3.97. The molecule has 0 aromatic heterocycles. The first kappa shape index (κ1) is 41.8. The number of hydrogen-bond acceptors (Lipinski definition) is 7. The van der Waals surface area contributed by atoms with Crippen molar-refractivity contribution in [3.05, 3.63) is 12.2 Å². The number of ether oxygens (including phenoxy) is 2. The molecule has 9 nitrogen and oxygen atoms in total. The fraction of sp³-hybridized carbons (Fsp3) is 0.879. The minimum absolute atomic E-state index is 0.0313. The van der Waals surface area contributed by atoms with Crippen molar-refractivity contribution in [2.45, 2.75) is 142 Å². The fourth-order valence-corrected chi connectivity index (χ4v) is 5.08. The van der Waals surface area contributed by atoms with Crippen LogP contribution in [-0.4, -0.2) is 74.9 Å². The summed E-state index contributed by atoms with van der Waals surface area (Å²) in [6.07, 6.45) is 25.0. The van der Waals surface area contributed by atoms with Crippen LogP contribution in [0.15, 0.2) is 12.2 Å². The van der Waals surface area contributed by atoms with E-state index in [4.69, 9.17) is 18.5 Å². The van der Waals surface area contributed by atoms with Gasteiger partial charge in [-0.05, 0) is 32.1 Å². The second-order valence-electron chi connectivity index (χ2n) is 12.5. The van der Waals surface area contributed by atoms with Gasteiger partial charge in [-0.1, -0.05) is 103 Å². The van der Waals surface area contributed by atoms with Gasteiger partial charge in [0.15, 0.2) is 6.10 Å². The van der Waals surface area contributed by atoms with Gasteiger partial charge in [0.1, 0.15) is 19.8 Å². The van der Waals surface area contributed by atoms with Crippen LogP contribution in [0.2, 0.25) is 0 Å². The molecule has 10 heteroatoms. The highest BCUT2D eigenvalue weighted by Gasteiger charge is 2.26. The number of carbonyl (C=O) groups is 2. The monoisotopic (exact) mass is 634 g/mol. The normalized spacial score (nSPS) is 14.1. The number of likely N-dealkylation sites (N-methyl/N-ethyl adjacent to an activating group) is 1. The van der Waals surface area contributed by atoms with Crippen molar-refractivity contribution < 1.29 is 42.1 Å². The first-order valence-corrected chi connectivity index (χ1v) is 18.4. The summed E-state index contributed by atoms with van der Waals surface area (Å²) in [5, 5.41) is 0. The van der Waals surface area contributed by atoms with Crippen LogP contribution in [0.3, 0.4) is 0 Å². The Labute approximate surface area is 263 Å². The van der Waals surface area contributed by atoms with Gasteiger partial charge >= 0.3 is 19.8 Å². The van der Waals surface area contributed by atoms with Crippen LogP contribution in [0.25, 0.3) is 0 Å². The third-order valence-corrected chi connectivity index (χ3v) is 8.08. The van der Waals surface area contributed by atoms with Crippen molar-refractivity contribution in [1.29, 1.82) is 0 Å². The minimum atomic E-state index is -4.33. The molecule has 0 aliphatic carbocycles. The van der Waals surface area contributed by atoms with Crippen molar-refractivity contribution in [3.63, 3.8) is 0 Å². The number of carbonyl (C=O) groups excluding carboxylic acids is 2. The second-order valence-corrected chi connectivity index (χ2v) is 14.0. The minimum Gasteiger partial charge on any atom is -0.462 e. The average molecular weight is 635 g/mol. The van der Waals surface area contributed by atoms with Gasteiger partial charge in [0.2, 0.25) is 0 Å². The molecule has 0 aliphatic rings. The van der Waals surface area contributed by atoms with Crippen molar-refractivity contribution >= 4 is 19.8 Å². The van der Waals surface area contributed by atoms with Gasteiger partial charge in [-0.15, -0.1) is 0 Å². The number of esters is 2. The summed E-state index contributed by atoms with van der Waals surface area (Å²) in [4.78, 5) is 33.9. The van der Waals surface area contributed by atoms with Crippen LogP contribution in [-0.2, 0) is 32.7 Å². The van der Waals surface area contributed by atoms with Crippen LogP contribution in [0, 0.1) is 0 Å². The molecule has 2 unspecified atom stereocenters. The topological polar surface area (TPSA) is 108 Å². The van der Waals surface area contributed by atoms with Gasteiger partial charge < -0.3 is 18.9 Å². The number of phosphoric ester groups is 1. The van der Waals surface area contributed by atoms with Gasteiger partial charge in [0.25, 0.3) is 0 Å². The number of quaternary nitrogens is 1. The zero-order chi connectivity index (χ0) is 32.2. The van der Waals surface area contributed by atoms with Gasteiger partial charge in [-0.25, -0.2) is 4.57 Å². The van der Waals surface area contributed by atoms with E-state index in [0.717, 1.165) is 19.3 Å². The summed E-state index contributed by atoms with van der Waals surface area (Å²) in [5.41, 5.74) is 0. The molecule has 1 N–H and O–H groups in total. The lowest BCUT2D eigenvalue weighted by Gasteiger charge is -2.24. The van der Waals surface area contributed by atoms with E-state index in [2.05, 4.69) is 19.1 Å². The Hall–Kier alpha value is -1.25. The molecule has 0 rings (SSSR count). The average Bonchev–Trinajstić information content (AvgIpc) is 2.94. The third-order valence-electron chi connectivity index (χ3n) is 7.10. The quantitative estimate of drug-likeness (QED) is 0.0276. The lowest BCUT2D eigenvalue weighted by Crippen LogP contribution is -2.37. The van der Waals surface area contributed by atoms with Crippen LogP contribution in [0.4, 0.5) is 0 Å². The van der Waals surface area contributed by atoms with Crippen LogP contribution < -0.4 is 0 Å². The Morgan fingerprint density at radius 1 is 0.721 bits per heavy atom. The maximum Gasteiger partial charge on any atom is 0.472 e. The van der Waals surface area contributed by atoms with Crippen molar-refractivity contribution in [2.75, 3.05) is 47.5 Å². The predicted octanol–water partition coefficient (Wildman–Crippen LogP) is 8.29. The molecule has 0 saturated heterocycles. The van der Waals surface area contributed by atoms with Gasteiger partial charge in [-0.3, -0.25) is 18.6 Å². The summed E-state index contributed by atoms with van der Waals surface area (Å²) in [5.74, 6) is -0.899. The Morgan fingerprint density at radius 2 is 1.23 bits per heavy atom. The molecular weight excluding hydrogens is 569 g/mol. The van der Waals surface area contributed by atoms with Gasteiger partial charge in [-0.2, -0.15) is 0 Å². The summed E-state index contributed by atoms with van der Waals surface area (Å²) in [6, 6.07) is 0. The van der Waals surface area contributed by atoms with E-state index in [-0.39, 0.29) is 26.1 Å². The summed E-state index contributed by atoms with van der Waals surface area (Å²) >= 11 is 0. The molecule has 0 spiro atoms. The molecule has 0 aromatic rings. The van der Waals surface area contributed by atoms with Crippen LogP contribution >= 0.6 is 7.82 Å². The molecule has 0 aliphatic heterocycles. The molecule has 0 amide bonds. The number of unbranched alkanes of at least 4 members (excludes halogenated alkanes) is 15. The highest BCUT2D eigenvalue weighted by Crippen LogP contribution is 2.43. The van der Waals surface area contributed by atoms with Crippen molar-refractivity contribution in [2.24, 2.45) is 0 Å². The van der Waals surface area contributed by atoms with Gasteiger partial charge in [0.05, 0.1) is 27.7 Å². The molecule has 0 bridgehead atoms. The first-order valence-electron chi connectivity index (χ1n) is 16.9. The van der Waals surface area contributed by atoms with Gasteiger partial charge in [0, 0.05) is 12.8 Å². The van der Waals surface area contributed by atoms with Crippen LogP contribution in [0.1, 0.15) is 136 Å². The van der Waals surface area contributed by atoms with E-state index in [1.54, 1.807) is 6.92 Å². The molecule has 2 atom stereocenters. The second kappa shape index (κ2) is 27.1. The fourth-order valence-electron chi connectivity index (χ4n) is 4.34. The maximum absolute atomic E-state index is 12.4. The van der Waals surface area contributed by atoms with E-state index < -0.39 is 32.5 Å². The van der Waals surface area contributed by atoms with Crippen LogP contribution in [0.5, 0.6) is 0 Å². The molecule has 0 aromatic carbocycles. The largest absolute Gasteiger partial charge is 0.472 e. The van der Waals surface area contributed by atoms with E-state index in [0.29, 0.717) is 17.4 Å². The standard InChI is InChI=1S/C33H64NO8P/c1-6-8-9-10-11-12-13-14-15-16-17-18-19-20-21-22-23-24-25-26-33(36)42-31(29-39-32(35)7-2)30-41-43(37,38)40-28-27-34(3,4)5/h14-15,31H,6-13,16-30H2,1-5H3/p+1/b15-14-. The lowest BCUT2D eigenvalue weighted by atomic mass is 10.1. The Kier molecular flexibility index (Phi) is 26.3. The lowest BCUT2D eigenvalue weighted by molar-refractivity contribution is -0.870. The summed E-state index contributed by atoms with van der Waals surface area (Å²) < 4.78 is 33.3. The van der Waals surface area contributed by atoms with E-state index in [1.165, 1.54) is 83.5 Å². The third kappa shape index (κ3) is 30.6. The van der Waals surface area contributed by atoms with E-state index in [1.807, 2.05) is 21.1 Å². The molecule has 0 fully saturated rings. The number of nitrogens with zero attached hydrogens (tertiary/aromatic N) is 1. The molecule has 43 heavy (non-hydrogen) atoms. The van der Waals surface area contributed by atoms with E-state index in [9.17, 15) is 19.0 Å². The van der Waals surface area contributed by atoms with Crippen molar-refractivity contribution in [1.82, 2.24) is 0 Å². The smallest absolute Gasteiger partial charge is 0.462 e. The summed E-state index contributed by atoms with van der Waals surface area (Å²) in [7, 11) is 1.47. The van der Waals surface area contributed by atoms with E-state index >= 15 is 0 Å². The number of hydrogen-bond donors (Lipinski definition) is 1. The zero-order valence-corrected chi connectivity index (χ0v) is 29.1. The molecule has 254 valence electrons. The number of rotatable bonds is 30. The molecule has 0 heterocycles. The number of phosphoric acid groups is 1. The molecule has 0 radical (unpaired) electrons. The Bertz CT molecular complexity index is 768. The highest BCUT2D eigenvalue weighted by atomic mass is 31.2. The first-order chi connectivity index (χ1) is 20.5. The maximum atomic E-state index is 12.4. The molecule has 0 saturated carbocycles. The Morgan fingerprint density at radius 3 is 1.74 bits per heavy atom. The zero-order valence-electron chi connectivity index (χ0n) is 28.2.